The number of hydrogen-bond acceptors (Lipinski definition) is 6. The summed E-state index contributed by atoms with van der Waals surface area (Å²) in [5.74, 6) is 0.853. The molecule has 9 heteroatoms. The van der Waals surface area contributed by atoms with Crippen LogP contribution in [0.5, 0.6) is 0 Å². The Hall–Kier alpha value is -1.74. The molecule has 0 fully saturated rings. The fourth-order valence-corrected chi connectivity index (χ4v) is 2.62. The van der Waals surface area contributed by atoms with Crippen LogP contribution in [0.2, 0.25) is 0 Å². The second-order valence-corrected chi connectivity index (χ2v) is 5.65. The first kappa shape index (κ1) is 18.3. The fourth-order valence-electron chi connectivity index (χ4n) is 1.63. The number of nitrogens with zero attached hydrogens (tertiary/aromatic N) is 3. The zero-order chi connectivity index (χ0) is 16.7. The third-order valence-corrected chi connectivity index (χ3v) is 4.21. The number of amidine groups is 1. The van der Waals surface area contributed by atoms with Gasteiger partial charge in [-0.2, -0.15) is 0 Å². The number of ether oxygens (including phenoxy) is 1. The molecule has 0 aliphatic rings. The third kappa shape index (κ3) is 4.38. The molecule has 120 valence electrons. The van der Waals surface area contributed by atoms with Crippen molar-refractivity contribution in [1.29, 1.82) is 0 Å². The van der Waals surface area contributed by atoms with E-state index in [1.165, 1.54) is 38.1 Å². The molecule has 1 aromatic rings. The molecule has 0 N–H and O–H groups in total. The number of benzene rings is 1. The van der Waals surface area contributed by atoms with Gasteiger partial charge < -0.3 is 4.74 Å². The van der Waals surface area contributed by atoms with Gasteiger partial charge in [0.15, 0.2) is 5.17 Å². The first-order valence-electron chi connectivity index (χ1n) is 6.41. The van der Waals surface area contributed by atoms with Gasteiger partial charge >= 0.3 is 6.09 Å². The first-order valence-corrected chi connectivity index (χ1v) is 7.84. The Morgan fingerprint density at radius 3 is 2.73 bits per heavy atom. The lowest BCUT2D eigenvalue weighted by Gasteiger charge is -2.19. The molecule has 0 saturated carbocycles. The summed E-state index contributed by atoms with van der Waals surface area (Å²) in [6.45, 7) is 2.03. The maximum absolute atomic E-state index is 11.9. The van der Waals surface area contributed by atoms with Crippen LogP contribution in [0.3, 0.4) is 0 Å². The van der Waals surface area contributed by atoms with Crippen LogP contribution in [0.4, 0.5) is 16.2 Å². The molecule has 0 aliphatic heterocycles. The van der Waals surface area contributed by atoms with E-state index in [0.717, 1.165) is 22.0 Å². The van der Waals surface area contributed by atoms with Crippen molar-refractivity contribution in [1.82, 2.24) is 0 Å². The predicted octanol–water partition coefficient (Wildman–Crippen LogP) is 3.59. The van der Waals surface area contributed by atoms with Crippen molar-refractivity contribution in [2.75, 3.05) is 24.8 Å². The smallest absolute Gasteiger partial charge is 0.420 e. The molecule has 0 atom stereocenters. The number of amides is 1. The summed E-state index contributed by atoms with van der Waals surface area (Å²) in [7, 11) is 2.61. The SMILES string of the molecule is CCCSc1ccc(N(C(=O)OC)C(S)=NC)c([N+](=O)[O-])c1. The van der Waals surface area contributed by atoms with E-state index in [0.29, 0.717) is 0 Å². The molecule has 0 aliphatic carbocycles. The number of methoxy groups -OCH3 is 1. The van der Waals surface area contributed by atoms with Crippen LogP contribution in [0.25, 0.3) is 0 Å². The number of carbonyl (C=O) groups is 1. The Morgan fingerprint density at radius 2 is 2.23 bits per heavy atom. The molecular weight excluding hydrogens is 326 g/mol. The van der Waals surface area contributed by atoms with E-state index in [4.69, 9.17) is 0 Å². The van der Waals surface area contributed by atoms with Crippen LogP contribution < -0.4 is 4.90 Å². The van der Waals surface area contributed by atoms with E-state index in [9.17, 15) is 14.9 Å². The van der Waals surface area contributed by atoms with E-state index < -0.39 is 11.0 Å². The number of carbonyl (C=O) groups excluding carboxylic acids is 1. The van der Waals surface area contributed by atoms with Gasteiger partial charge in [-0.15, -0.1) is 24.4 Å². The van der Waals surface area contributed by atoms with Gasteiger partial charge in [-0.25, -0.2) is 9.69 Å². The van der Waals surface area contributed by atoms with Gasteiger partial charge in [0, 0.05) is 18.0 Å². The number of nitro groups is 1. The zero-order valence-corrected chi connectivity index (χ0v) is 14.2. The molecule has 0 aromatic heterocycles. The lowest BCUT2D eigenvalue weighted by molar-refractivity contribution is -0.384. The number of thiol groups is 1. The number of hydrogen-bond donors (Lipinski definition) is 1. The van der Waals surface area contributed by atoms with Crippen LogP contribution in [0.1, 0.15) is 13.3 Å². The highest BCUT2D eigenvalue weighted by Gasteiger charge is 2.28. The summed E-state index contributed by atoms with van der Waals surface area (Å²) < 4.78 is 4.65. The molecule has 1 amide bonds. The monoisotopic (exact) mass is 343 g/mol. The van der Waals surface area contributed by atoms with Crippen molar-refractivity contribution in [3.8, 4) is 0 Å². The van der Waals surface area contributed by atoms with Crippen molar-refractivity contribution in [2.24, 2.45) is 4.99 Å². The first-order chi connectivity index (χ1) is 10.5. The Morgan fingerprint density at radius 1 is 1.55 bits per heavy atom. The van der Waals surface area contributed by atoms with Gasteiger partial charge in [-0.05, 0) is 24.3 Å². The standard InChI is InChI=1S/C13H17N3O4S2/c1-4-7-22-9-5-6-10(11(8-9)16(18)19)15(12(21)14-2)13(17)20-3/h5-6,8H,4,7H2,1-3H3,(H,14,21). The van der Waals surface area contributed by atoms with E-state index >= 15 is 0 Å². The molecular formula is C13H17N3O4S2. The normalized spacial score (nSPS) is 11.2. The maximum Gasteiger partial charge on any atom is 0.420 e. The van der Waals surface area contributed by atoms with Crippen LogP contribution in [-0.4, -0.2) is 36.1 Å². The minimum atomic E-state index is -0.798. The molecule has 1 aromatic carbocycles. The van der Waals surface area contributed by atoms with E-state index in [1.54, 1.807) is 6.07 Å². The van der Waals surface area contributed by atoms with Crippen LogP contribution in [0.15, 0.2) is 28.1 Å². The quantitative estimate of drug-likeness (QED) is 0.220. The largest absolute Gasteiger partial charge is 0.452 e. The topological polar surface area (TPSA) is 85.0 Å². The highest BCUT2D eigenvalue weighted by Crippen LogP contribution is 2.34. The van der Waals surface area contributed by atoms with Crippen molar-refractivity contribution in [3.63, 3.8) is 0 Å². The summed E-state index contributed by atoms with van der Waals surface area (Å²) >= 11 is 5.59. The minimum absolute atomic E-state index is 0.00362. The predicted molar refractivity (Wildman–Crippen MR) is 91.3 cm³/mol. The van der Waals surface area contributed by atoms with Crippen LogP contribution >= 0.6 is 24.4 Å². The maximum atomic E-state index is 11.9. The lowest BCUT2D eigenvalue weighted by Crippen LogP contribution is -2.34. The Kier molecular flexibility index (Phi) is 7.19. The molecule has 0 unspecified atom stereocenters. The highest BCUT2D eigenvalue weighted by molar-refractivity contribution is 7.99. The second-order valence-electron chi connectivity index (χ2n) is 4.09. The van der Waals surface area contributed by atoms with Gasteiger partial charge in [0.2, 0.25) is 0 Å². The van der Waals surface area contributed by atoms with Gasteiger partial charge in [0.25, 0.3) is 5.69 Å². The number of thioether (sulfide) groups is 1. The third-order valence-electron chi connectivity index (χ3n) is 2.61. The number of aliphatic imine (C=N–C) groups is 1. The molecule has 0 radical (unpaired) electrons. The lowest BCUT2D eigenvalue weighted by atomic mass is 10.2. The van der Waals surface area contributed by atoms with Crippen LogP contribution in [-0.2, 0) is 4.74 Å². The van der Waals surface area contributed by atoms with Gasteiger partial charge in [0.05, 0.1) is 12.0 Å². The van der Waals surface area contributed by atoms with Crippen molar-refractivity contribution < 1.29 is 14.5 Å². The Bertz CT molecular complexity index is 593. The number of rotatable bonds is 5. The van der Waals surface area contributed by atoms with Crippen LogP contribution in [0, 0.1) is 10.1 Å². The molecule has 7 nitrogen and oxygen atoms in total. The van der Waals surface area contributed by atoms with E-state index in [2.05, 4.69) is 22.4 Å². The average Bonchev–Trinajstić information content (AvgIpc) is 2.53. The summed E-state index contributed by atoms with van der Waals surface area (Å²) in [6.07, 6.45) is 0.158. The van der Waals surface area contributed by atoms with Gasteiger partial charge in [0.1, 0.15) is 5.69 Å². The zero-order valence-electron chi connectivity index (χ0n) is 12.5. The molecule has 22 heavy (non-hydrogen) atoms. The molecule has 0 saturated heterocycles. The highest BCUT2D eigenvalue weighted by atomic mass is 32.2. The van der Waals surface area contributed by atoms with Gasteiger partial charge in [-0.3, -0.25) is 15.1 Å². The minimum Gasteiger partial charge on any atom is -0.452 e. The van der Waals surface area contributed by atoms with Gasteiger partial charge in [-0.1, -0.05) is 6.92 Å². The van der Waals surface area contributed by atoms with E-state index in [-0.39, 0.29) is 16.5 Å². The summed E-state index contributed by atoms with van der Waals surface area (Å²) in [6, 6.07) is 4.64. The number of nitro benzene ring substituents is 1. The summed E-state index contributed by atoms with van der Waals surface area (Å²) in [5.41, 5.74) is -0.144. The molecule has 1 rings (SSSR count). The second kappa shape index (κ2) is 8.64. The summed E-state index contributed by atoms with van der Waals surface area (Å²) in [4.78, 5) is 28.2. The number of anilines is 1. The average molecular weight is 343 g/mol. The Balaban J connectivity index is 3.36. The molecule has 0 bridgehead atoms. The Labute approximate surface area is 138 Å². The molecule has 0 heterocycles. The fraction of sp³-hybridized carbons (Fsp3) is 0.385. The van der Waals surface area contributed by atoms with Crippen molar-refractivity contribution >= 4 is 47.0 Å². The van der Waals surface area contributed by atoms with Crippen molar-refractivity contribution in [3.05, 3.63) is 28.3 Å². The summed E-state index contributed by atoms with van der Waals surface area (Å²) in [5, 5.41) is 11.3. The molecule has 0 spiro atoms. The van der Waals surface area contributed by atoms with Crippen molar-refractivity contribution in [2.45, 2.75) is 18.2 Å². The van der Waals surface area contributed by atoms with E-state index in [1.807, 2.05) is 6.92 Å².